The fourth-order valence-corrected chi connectivity index (χ4v) is 2.40. The summed E-state index contributed by atoms with van der Waals surface area (Å²) in [4.78, 5) is 12.6. The first kappa shape index (κ1) is 15.6. The normalized spacial score (nSPS) is 11.2. The summed E-state index contributed by atoms with van der Waals surface area (Å²) in [5.41, 5.74) is 8.53. The van der Waals surface area contributed by atoms with Crippen LogP contribution in [0.2, 0.25) is 0 Å². The summed E-state index contributed by atoms with van der Waals surface area (Å²) in [6.07, 6.45) is 0. The number of carbonyl (C=O) groups excluding carboxylic acids is 1. The zero-order chi connectivity index (χ0) is 15.6. The molecule has 0 bridgehead atoms. The summed E-state index contributed by atoms with van der Waals surface area (Å²) in [5.74, 6) is -0.0477. The predicted octanol–water partition coefficient (Wildman–Crippen LogP) is 4.26. The maximum atomic E-state index is 12.6. The minimum absolute atomic E-state index is 0.0477. The Morgan fingerprint density at radius 2 is 1.76 bits per heavy atom. The minimum Gasteiger partial charge on any atom is -0.399 e. The Kier molecular flexibility index (Phi) is 4.37. The second-order valence-electron chi connectivity index (χ2n) is 5.66. The predicted molar refractivity (Wildman–Crippen MR) is 91.4 cm³/mol. The van der Waals surface area contributed by atoms with E-state index in [1.165, 1.54) is 0 Å². The third-order valence-electron chi connectivity index (χ3n) is 3.65. The second-order valence-corrected chi connectivity index (χ2v) is 6.58. The maximum absolute atomic E-state index is 12.6. The molecule has 2 aromatic rings. The van der Waals surface area contributed by atoms with E-state index in [1.54, 1.807) is 0 Å². The van der Waals surface area contributed by atoms with Crippen LogP contribution in [0.15, 0.2) is 46.9 Å². The fourth-order valence-electron chi connectivity index (χ4n) is 2.04. The molecule has 0 aliphatic heterocycles. The van der Waals surface area contributed by atoms with Gasteiger partial charge < -0.3 is 11.1 Å². The molecule has 1 amide bonds. The number of rotatable bonds is 3. The molecule has 0 aliphatic rings. The number of benzene rings is 2. The first-order valence-corrected chi connectivity index (χ1v) is 7.53. The number of nitrogen functional groups attached to an aromatic ring is 1. The summed E-state index contributed by atoms with van der Waals surface area (Å²) in [6, 6.07) is 13.2. The van der Waals surface area contributed by atoms with E-state index in [1.807, 2.05) is 63.2 Å². The van der Waals surface area contributed by atoms with Crippen LogP contribution >= 0.6 is 15.9 Å². The van der Waals surface area contributed by atoms with E-state index in [-0.39, 0.29) is 5.91 Å². The van der Waals surface area contributed by atoms with Gasteiger partial charge in [-0.1, -0.05) is 34.1 Å². The lowest BCUT2D eigenvalue weighted by Gasteiger charge is -2.25. The highest BCUT2D eigenvalue weighted by Gasteiger charge is 2.30. The molecular weight excluding hydrogens is 328 g/mol. The van der Waals surface area contributed by atoms with Crippen molar-refractivity contribution < 1.29 is 4.79 Å². The zero-order valence-corrected chi connectivity index (χ0v) is 14.0. The first-order valence-electron chi connectivity index (χ1n) is 6.74. The van der Waals surface area contributed by atoms with Crippen molar-refractivity contribution in [2.75, 3.05) is 11.1 Å². The number of nitrogens with one attached hydrogen (secondary N) is 1. The van der Waals surface area contributed by atoms with Crippen LogP contribution in [0.25, 0.3) is 0 Å². The molecule has 0 unspecified atom stereocenters. The van der Waals surface area contributed by atoms with Crippen LogP contribution in [0.1, 0.15) is 25.0 Å². The molecule has 4 heteroatoms. The zero-order valence-electron chi connectivity index (χ0n) is 12.4. The maximum Gasteiger partial charge on any atom is 0.234 e. The topological polar surface area (TPSA) is 55.1 Å². The highest BCUT2D eigenvalue weighted by Crippen LogP contribution is 2.27. The lowest BCUT2D eigenvalue weighted by atomic mass is 9.83. The summed E-state index contributed by atoms with van der Waals surface area (Å²) in [6.45, 7) is 5.78. The van der Waals surface area contributed by atoms with Crippen LogP contribution in [-0.2, 0) is 10.2 Å². The first-order chi connectivity index (χ1) is 9.80. The highest BCUT2D eigenvalue weighted by molar-refractivity contribution is 9.10. The molecule has 0 fully saturated rings. The molecule has 3 nitrogen and oxygen atoms in total. The van der Waals surface area contributed by atoms with Gasteiger partial charge in [-0.2, -0.15) is 0 Å². The molecule has 2 rings (SSSR count). The summed E-state index contributed by atoms with van der Waals surface area (Å²) < 4.78 is 0.939. The molecule has 0 heterocycles. The Labute approximate surface area is 133 Å². The number of hydrogen-bond acceptors (Lipinski definition) is 2. The molecule has 21 heavy (non-hydrogen) atoms. The monoisotopic (exact) mass is 346 g/mol. The average molecular weight is 347 g/mol. The van der Waals surface area contributed by atoms with Crippen LogP contribution in [0.3, 0.4) is 0 Å². The van der Waals surface area contributed by atoms with Gasteiger partial charge in [-0.05, 0) is 56.2 Å². The van der Waals surface area contributed by atoms with E-state index in [2.05, 4.69) is 21.2 Å². The van der Waals surface area contributed by atoms with Crippen LogP contribution in [0, 0.1) is 6.92 Å². The van der Waals surface area contributed by atoms with Crippen molar-refractivity contribution in [1.82, 2.24) is 0 Å². The van der Waals surface area contributed by atoms with Gasteiger partial charge >= 0.3 is 0 Å². The summed E-state index contributed by atoms with van der Waals surface area (Å²) >= 11 is 3.42. The van der Waals surface area contributed by atoms with Crippen LogP contribution in [0.4, 0.5) is 11.4 Å². The van der Waals surface area contributed by atoms with Gasteiger partial charge in [-0.25, -0.2) is 0 Å². The van der Waals surface area contributed by atoms with E-state index >= 15 is 0 Å². The third kappa shape index (κ3) is 3.45. The number of nitrogens with two attached hydrogens (primary N) is 1. The molecule has 0 saturated carbocycles. The lowest BCUT2D eigenvalue weighted by molar-refractivity contribution is -0.120. The van der Waals surface area contributed by atoms with Crippen molar-refractivity contribution >= 4 is 33.2 Å². The van der Waals surface area contributed by atoms with Gasteiger partial charge in [0, 0.05) is 15.8 Å². The van der Waals surface area contributed by atoms with E-state index in [0.29, 0.717) is 5.69 Å². The van der Waals surface area contributed by atoms with Crippen molar-refractivity contribution in [3.8, 4) is 0 Å². The molecule has 0 aliphatic carbocycles. The highest BCUT2D eigenvalue weighted by atomic mass is 79.9. The quantitative estimate of drug-likeness (QED) is 0.816. The number of halogens is 1. The van der Waals surface area contributed by atoms with Gasteiger partial charge in [0.1, 0.15) is 0 Å². The number of carbonyl (C=O) groups is 1. The van der Waals surface area contributed by atoms with Crippen LogP contribution < -0.4 is 11.1 Å². The standard InChI is InChI=1S/C17H19BrN2O/c1-11-4-7-13(18)10-15(11)20-16(21)17(2,3)12-5-8-14(19)9-6-12/h4-10H,19H2,1-3H3,(H,20,21). The van der Waals surface area contributed by atoms with Crippen molar-refractivity contribution in [3.05, 3.63) is 58.1 Å². The molecule has 2 aromatic carbocycles. The third-order valence-corrected chi connectivity index (χ3v) is 4.14. The van der Waals surface area contributed by atoms with Gasteiger partial charge in [0.05, 0.1) is 5.41 Å². The van der Waals surface area contributed by atoms with Gasteiger partial charge in [-0.15, -0.1) is 0 Å². The minimum atomic E-state index is -0.636. The molecule has 0 aromatic heterocycles. The smallest absolute Gasteiger partial charge is 0.234 e. The number of anilines is 2. The van der Waals surface area contributed by atoms with Gasteiger partial charge in [0.2, 0.25) is 5.91 Å². The van der Waals surface area contributed by atoms with Crippen LogP contribution in [0.5, 0.6) is 0 Å². The molecule has 0 atom stereocenters. The van der Waals surface area contributed by atoms with Crippen molar-refractivity contribution in [3.63, 3.8) is 0 Å². The molecule has 3 N–H and O–H groups in total. The molecule has 110 valence electrons. The van der Waals surface area contributed by atoms with E-state index in [4.69, 9.17) is 5.73 Å². The Balaban J connectivity index is 2.26. The van der Waals surface area contributed by atoms with E-state index < -0.39 is 5.41 Å². The van der Waals surface area contributed by atoms with E-state index in [9.17, 15) is 4.79 Å². The average Bonchev–Trinajstić information content (AvgIpc) is 2.43. The second kappa shape index (κ2) is 5.90. The summed E-state index contributed by atoms with van der Waals surface area (Å²) in [7, 11) is 0. The van der Waals surface area contributed by atoms with Crippen LogP contribution in [-0.4, -0.2) is 5.91 Å². The fraction of sp³-hybridized carbons (Fsp3) is 0.235. The Hall–Kier alpha value is -1.81. The van der Waals surface area contributed by atoms with Crippen molar-refractivity contribution in [2.24, 2.45) is 0 Å². The molecule has 0 radical (unpaired) electrons. The largest absolute Gasteiger partial charge is 0.399 e. The summed E-state index contributed by atoms with van der Waals surface area (Å²) in [5, 5.41) is 3.00. The van der Waals surface area contributed by atoms with Gasteiger partial charge in [0.15, 0.2) is 0 Å². The van der Waals surface area contributed by atoms with Crippen molar-refractivity contribution in [2.45, 2.75) is 26.2 Å². The number of hydrogen-bond donors (Lipinski definition) is 2. The lowest BCUT2D eigenvalue weighted by Crippen LogP contribution is -2.34. The SMILES string of the molecule is Cc1ccc(Br)cc1NC(=O)C(C)(C)c1ccc(N)cc1. The Morgan fingerprint density at radius 1 is 1.14 bits per heavy atom. The Bertz CT molecular complexity index is 663. The number of aryl methyl sites for hydroxylation is 1. The van der Waals surface area contributed by atoms with E-state index in [0.717, 1.165) is 21.3 Å². The molecule has 0 spiro atoms. The Morgan fingerprint density at radius 3 is 2.38 bits per heavy atom. The van der Waals surface area contributed by atoms with Crippen molar-refractivity contribution in [1.29, 1.82) is 0 Å². The molecular formula is C17H19BrN2O. The molecule has 0 saturated heterocycles. The van der Waals surface area contributed by atoms with Gasteiger partial charge in [0.25, 0.3) is 0 Å². The van der Waals surface area contributed by atoms with Gasteiger partial charge in [-0.3, -0.25) is 4.79 Å². The number of amides is 1.